The van der Waals surface area contributed by atoms with Crippen LogP contribution in [0.2, 0.25) is 0 Å². The second kappa shape index (κ2) is 11.6. The molecule has 27 heavy (non-hydrogen) atoms. The zero-order chi connectivity index (χ0) is 19.8. The Morgan fingerprint density at radius 1 is 1.15 bits per heavy atom. The molecule has 0 unspecified atom stereocenters. The Labute approximate surface area is 180 Å². The van der Waals surface area contributed by atoms with Crippen LogP contribution in [0, 0.1) is 0 Å². The van der Waals surface area contributed by atoms with Crippen molar-refractivity contribution in [2.75, 3.05) is 40.1 Å². The first-order chi connectivity index (χ1) is 12.1. The van der Waals surface area contributed by atoms with Gasteiger partial charge in [0, 0.05) is 19.3 Å². The molecule has 0 aliphatic carbocycles. The van der Waals surface area contributed by atoms with Gasteiger partial charge in [-0.2, -0.15) is 0 Å². The van der Waals surface area contributed by atoms with Crippen molar-refractivity contribution in [3.05, 3.63) is 23.8 Å². The Morgan fingerprint density at radius 3 is 2.30 bits per heavy atom. The Balaban J connectivity index is 0.00000676. The largest absolute Gasteiger partial charge is 0.493 e. The van der Waals surface area contributed by atoms with Crippen LogP contribution >= 0.6 is 24.0 Å². The molecule has 0 aliphatic heterocycles. The molecular weight excluding hydrogens is 481 g/mol. The Morgan fingerprint density at radius 2 is 1.78 bits per heavy atom. The first-order valence-electron chi connectivity index (χ1n) is 8.57. The van der Waals surface area contributed by atoms with Crippen molar-refractivity contribution in [2.24, 2.45) is 4.99 Å². The molecule has 0 atom stereocenters. The average Bonchev–Trinajstić information content (AvgIpc) is 2.58. The molecule has 0 aliphatic rings. The molecular formula is C18H32IN3O4S. The quantitative estimate of drug-likeness (QED) is 0.299. The van der Waals surface area contributed by atoms with E-state index >= 15 is 0 Å². The van der Waals surface area contributed by atoms with Crippen LogP contribution in [-0.4, -0.2) is 59.2 Å². The minimum absolute atomic E-state index is 0. The number of aliphatic imine (C=N–C) groups is 1. The lowest BCUT2D eigenvalue weighted by molar-refractivity contribution is 0.354. The third-order valence-electron chi connectivity index (χ3n) is 4.12. The second-order valence-corrected chi connectivity index (χ2v) is 9.24. The first kappa shape index (κ1) is 25.8. The van der Waals surface area contributed by atoms with Crippen LogP contribution in [0.3, 0.4) is 0 Å². The maximum atomic E-state index is 11.8. The molecule has 0 spiro atoms. The number of rotatable bonds is 9. The summed E-state index contributed by atoms with van der Waals surface area (Å²) in [6, 6.07) is 5.80. The highest BCUT2D eigenvalue weighted by molar-refractivity contribution is 14.0. The normalized spacial score (nSPS) is 12.1. The Kier molecular flexibility index (Phi) is 11.0. The van der Waals surface area contributed by atoms with Gasteiger partial charge in [0.1, 0.15) is 0 Å². The molecule has 0 saturated carbocycles. The smallest absolute Gasteiger partial charge is 0.191 e. The lowest BCUT2D eigenvalue weighted by Gasteiger charge is -2.21. The number of nitrogens with zero attached hydrogens (tertiary/aromatic N) is 1. The number of nitrogens with one attached hydrogen (secondary N) is 2. The van der Waals surface area contributed by atoms with E-state index in [9.17, 15) is 8.42 Å². The number of sulfone groups is 1. The van der Waals surface area contributed by atoms with Crippen molar-refractivity contribution >= 4 is 39.8 Å². The summed E-state index contributed by atoms with van der Waals surface area (Å²) < 4.78 is 33.3. The molecule has 0 amide bonds. The molecule has 1 aromatic rings. The monoisotopic (exact) mass is 513 g/mol. The summed E-state index contributed by atoms with van der Waals surface area (Å²) >= 11 is 0. The van der Waals surface area contributed by atoms with E-state index < -0.39 is 14.6 Å². The van der Waals surface area contributed by atoms with Crippen molar-refractivity contribution in [1.82, 2.24) is 10.6 Å². The zero-order valence-corrected chi connectivity index (χ0v) is 20.1. The zero-order valence-electron chi connectivity index (χ0n) is 17.0. The van der Waals surface area contributed by atoms with Crippen LogP contribution in [0.4, 0.5) is 0 Å². The highest BCUT2D eigenvalue weighted by Gasteiger charge is 2.29. The van der Waals surface area contributed by atoms with Gasteiger partial charge in [-0.25, -0.2) is 8.42 Å². The number of guanidine groups is 1. The van der Waals surface area contributed by atoms with Gasteiger partial charge in [0.2, 0.25) is 0 Å². The van der Waals surface area contributed by atoms with Crippen LogP contribution in [-0.2, 0) is 16.3 Å². The maximum absolute atomic E-state index is 11.8. The predicted molar refractivity (Wildman–Crippen MR) is 122 cm³/mol. The average molecular weight is 513 g/mol. The van der Waals surface area contributed by atoms with E-state index in [-0.39, 0.29) is 30.5 Å². The summed E-state index contributed by atoms with van der Waals surface area (Å²) in [4.78, 5) is 4.41. The van der Waals surface area contributed by atoms with Gasteiger partial charge in [0.25, 0.3) is 0 Å². The van der Waals surface area contributed by atoms with Crippen molar-refractivity contribution in [3.8, 4) is 11.5 Å². The number of benzene rings is 1. The number of halogens is 1. The Bertz CT molecular complexity index is 721. The van der Waals surface area contributed by atoms with Gasteiger partial charge in [-0.05, 0) is 44.9 Å². The second-order valence-electron chi connectivity index (χ2n) is 6.59. The molecule has 2 N–H and O–H groups in total. The molecule has 156 valence electrons. The van der Waals surface area contributed by atoms with E-state index in [1.807, 2.05) is 25.1 Å². The molecule has 0 heterocycles. The van der Waals surface area contributed by atoms with E-state index in [4.69, 9.17) is 9.47 Å². The van der Waals surface area contributed by atoms with Crippen molar-refractivity contribution in [2.45, 2.75) is 31.9 Å². The van der Waals surface area contributed by atoms with Crippen LogP contribution in [0.5, 0.6) is 11.5 Å². The standard InChI is InChI=1S/C18H31N3O4S.HI/c1-7-19-17(21-13-18(2,3)26(6,22)23)20-11-10-14-8-9-15(24-4)16(12-14)25-5;/h8-9,12H,7,10-11,13H2,1-6H3,(H2,19,20,21);1H. The molecule has 0 radical (unpaired) electrons. The lowest BCUT2D eigenvalue weighted by atomic mass is 10.1. The summed E-state index contributed by atoms with van der Waals surface area (Å²) in [6.07, 6.45) is 2.00. The fourth-order valence-corrected chi connectivity index (χ4v) is 2.39. The molecule has 0 saturated heterocycles. The number of methoxy groups -OCH3 is 2. The fourth-order valence-electron chi connectivity index (χ4n) is 2.09. The van der Waals surface area contributed by atoms with Crippen LogP contribution in [0.25, 0.3) is 0 Å². The van der Waals surface area contributed by atoms with Crippen molar-refractivity contribution in [3.63, 3.8) is 0 Å². The van der Waals surface area contributed by atoms with Gasteiger partial charge in [-0.3, -0.25) is 4.99 Å². The van der Waals surface area contributed by atoms with Gasteiger partial charge in [0.15, 0.2) is 27.3 Å². The minimum atomic E-state index is -3.18. The van der Waals surface area contributed by atoms with Crippen molar-refractivity contribution in [1.29, 1.82) is 0 Å². The fraction of sp³-hybridized carbons (Fsp3) is 0.611. The van der Waals surface area contributed by atoms with E-state index in [0.29, 0.717) is 30.5 Å². The van der Waals surface area contributed by atoms with Gasteiger partial charge in [0.05, 0.1) is 25.5 Å². The third kappa shape index (κ3) is 8.12. The highest BCUT2D eigenvalue weighted by atomic mass is 127. The SMILES string of the molecule is CCNC(=NCC(C)(C)S(C)(=O)=O)NCCc1ccc(OC)c(OC)c1.I. The van der Waals surface area contributed by atoms with E-state index in [2.05, 4.69) is 15.6 Å². The van der Waals surface area contributed by atoms with Gasteiger partial charge < -0.3 is 20.1 Å². The van der Waals surface area contributed by atoms with Crippen LogP contribution in [0.1, 0.15) is 26.3 Å². The summed E-state index contributed by atoms with van der Waals surface area (Å²) in [5.41, 5.74) is 1.10. The topological polar surface area (TPSA) is 89.0 Å². The van der Waals surface area contributed by atoms with Crippen LogP contribution < -0.4 is 20.1 Å². The molecule has 9 heteroatoms. The van der Waals surface area contributed by atoms with E-state index in [1.54, 1.807) is 28.1 Å². The molecule has 0 aromatic heterocycles. The lowest BCUT2D eigenvalue weighted by Crippen LogP contribution is -2.41. The molecule has 7 nitrogen and oxygen atoms in total. The van der Waals surface area contributed by atoms with Gasteiger partial charge in [-0.1, -0.05) is 6.07 Å². The predicted octanol–water partition coefficient (Wildman–Crippen LogP) is 2.24. The highest BCUT2D eigenvalue weighted by Crippen LogP contribution is 2.27. The maximum Gasteiger partial charge on any atom is 0.191 e. The first-order valence-corrected chi connectivity index (χ1v) is 10.5. The Hall–Kier alpha value is -1.23. The summed E-state index contributed by atoms with van der Waals surface area (Å²) in [5.74, 6) is 1.99. The number of hydrogen-bond acceptors (Lipinski definition) is 5. The minimum Gasteiger partial charge on any atom is -0.493 e. The summed E-state index contributed by atoms with van der Waals surface area (Å²) in [7, 11) is 0.0386. The van der Waals surface area contributed by atoms with Gasteiger partial charge >= 0.3 is 0 Å². The molecule has 0 fully saturated rings. The summed E-state index contributed by atoms with van der Waals surface area (Å²) in [6.45, 7) is 6.87. The van der Waals surface area contributed by atoms with Gasteiger partial charge in [-0.15, -0.1) is 24.0 Å². The van der Waals surface area contributed by atoms with E-state index in [1.165, 1.54) is 6.26 Å². The summed E-state index contributed by atoms with van der Waals surface area (Å²) in [5, 5.41) is 6.36. The number of ether oxygens (including phenoxy) is 2. The van der Waals surface area contributed by atoms with E-state index in [0.717, 1.165) is 12.0 Å². The van der Waals surface area contributed by atoms with Crippen LogP contribution in [0.15, 0.2) is 23.2 Å². The van der Waals surface area contributed by atoms with Crippen molar-refractivity contribution < 1.29 is 17.9 Å². The molecule has 1 rings (SSSR count). The number of hydrogen-bond donors (Lipinski definition) is 2. The molecule has 0 bridgehead atoms. The third-order valence-corrected chi connectivity index (χ3v) is 6.26. The molecule has 1 aromatic carbocycles.